The summed E-state index contributed by atoms with van der Waals surface area (Å²) in [6, 6.07) is 4.50. The van der Waals surface area contributed by atoms with Gasteiger partial charge in [0, 0.05) is 6.61 Å². The Morgan fingerprint density at radius 2 is 2.17 bits per heavy atom. The molecule has 0 spiro atoms. The van der Waals surface area contributed by atoms with Crippen LogP contribution in [-0.4, -0.2) is 45.6 Å². The highest BCUT2D eigenvalue weighted by Gasteiger charge is 2.20. The molecule has 2 atom stereocenters. The number of carbonyl (C=O) groups excluding carboxylic acids is 1. The fourth-order valence-corrected chi connectivity index (χ4v) is 1.42. The zero-order chi connectivity index (χ0) is 13.5. The van der Waals surface area contributed by atoms with Crippen molar-refractivity contribution in [3.63, 3.8) is 0 Å². The number of hydrogen-bond acceptors (Lipinski definition) is 6. The second-order valence-electron chi connectivity index (χ2n) is 3.69. The molecule has 0 bridgehead atoms. The molecule has 6 nitrogen and oxygen atoms in total. The smallest absolute Gasteiger partial charge is 0.356 e. The highest BCUT2D eigenvalue weighted by atomic mass is 16.5. The van der Waals surface area contributed by atoms with Crippen molar-refractivity contribution in [2.75, 3.05) is 13.2 Å². The molecule has 2 unspecified atom stereocenters. The van der Waals surface area contributed by atoms with Crippen molar-refractivity contribution in [2.45, 2.75) is 25.6 Å². The maximum atomic E-state index is 11.4. The summed E-state index contributed by atoms with van der Waals surface area (Å²) in [7, 11) is 0. The topological polar surface area (TPSA) is 99.9 Å². The van der Waals surface area contributed by atoms with E-state index in [1.165, 1.54) is 12.1 Å². The summed E-state index contributed by atoms with van der Waals surface area (Å²) < 4.78 is 4.79. The number of aliphatic hydroxyl groups excluding tert-OH is 3. The second-order valence-corrected chi connectivity index (χ2v) is 3.69. The van der Waals surface area contributed by atoms with Crippen LogP contribution in [0.2, 0.25) is 0 Å². The fourth-order valence-electron chi connectivity index (χ4n) is 1.42. The molecule has 18 heavy (non-hydrogen) atoms. The third kappa shape index (κ3) is 3.76. The molecule has 6 heteroatoms. The molecule has 0 aliphatic rings. The summed E-state index contributed by atoms with van der Waals surface area (Å²) in [5, 5.41) is 28.0. The van der Waals surface area contributed by atoms with Crippen LogP contribution in [-0.2, 0) is 4.74 Å². The number of aromatic nitrogens is 1. The normalized spacial score (nSPS) is 14.0. The number of rotatable bonds is 6. The Balaban J connectivity index is 2.84. The van der Waals surface area contributed by atoms with E-state index in [9.17, 15) is 15.0 Å². The molecule has 1 rings (SSSR count). The van der Waals surface area contributed by atoms with Gasteiger partial charge in [0.25, 0.3) is 0 Å². The first-order valence-electron chi connectivity index (χ1n) is 5.71. The van der Waals surface area contributed by atoms with E-state index in [1.54, 1.807) is 13.0 Å². The van der Waals surface area contributed by atoms with Gasteiger partial charge in [-0.25, -0.2) is 9.78 Å². The van der Waals surface area contributed by atoms with Gasteiger partial charge in [0.2, 0.25) is 0 Å². The van der Waals surface area contributed by atoms with Gasteiger partial charge in [-0.05, 0) is 25.5 Å². The molecular formula is C12H17NO5. The molecule has 0 aliphatic heterocycles. The number of pyridine rings is 1. The predicted octanol–water partition coefficient (Wildman–Crippen LogP) is 0.0350. The van der Waals surface area contributed by atoms with Gasteiger partial charge in [-0.2, -0.15) is 0 Å². The van der Waals surface area contributed by atoms with Crippen LogP contribution in [0.1, 0.15) is 35.6 Å². The summed E-state index contributed by atoms with van der Waals surface area (Å²) in [6.07, 6.45) is -2.33. The van der Waals surface area contributed by atoms with Crippen molar-refractivity contribution in [1.82, 2.24) is 4.98 Å². The minimum atomic E-state index is -1.24. The molecule has 0 radical (unpaired) electrons. The standard InChI is InChI=1S/C12H17NO5/c1-2-18-12(17)9-5-3-4-8(13-9)11(16)10(15)6-7-14/h3-5,10-11,14-16H,2,6-7H2,1H3. The van der Waals surface area contributed by atoms with Crippen LogP contribution in [0.3, 0.4) is 0 Å². The van der Waals surface area contributed by atoms with Gasteiger partial charge in [-0.15, -0.1) is 0 Å². The Morgan fingerprint density at radius 3 is 2.78 bits per heavy atom. The molecule has 1 aromatic rings. The summed E-state index contributed by atoms with van der Waals surface area (Å²) in [6.45, 7) is 1.68. The Labute approximate surface area is 105 Å². The molecule has 0 saturated carbocycles. The van der Waals surface area contributed by atoms with E-state index < -0.39 is 18.2 Å². The number of carbonyl (C=O) groups is 1. The maximum absolute atomic E-state index is 11.4. The molecule has 100 valence electrons. The first-order chi connectivity index (χ1) is 8.60. The van der Waals surface area contributed by atoms with E-state index in [4.69, 9.17) is 9.84 Å². The first-order valence-corrected chi connectivity index (χ1v) is 5.71. The monoisotopic (exact) mass is 255 g/mol. The molecule has 0 aromatic carbocycles. The lowest BCUT2D eigenvalue weighted by Crippen LogP contribution is -2.21. The lowest BCUT2D eigenvalue weighted by molar-refractivity contribution is 0.00169. The second kappa shape index (κ2) is 7.05. The van der Waals surface area contributed by atoms with E-state index in [-0.39, 0.29) is 31.0 Å². The van der Waals surface area contributed by atoms with Crippen molar-refractivity contribution < 1.29 is 24.9 Å². The van der Waals surface area contributed by atoms with Crippen LogP contribution in [0.15, 0.2) is 18.2 Å². The maximum Gasteiger partial charge on any atom is 0.356 e. The molecule has 0 amide bonds. The van der Waals surface area contributed by atoms with Gasteiger partial charge in [0.05, 0.1) is 18.4 Å². The van der Waals surface area contributed by atoms with Crippen molar-refractivity contribution in [3.05, 3.63) is 29.6 Å². The summed E-state index contributed by atoms with van der Waals surface area (Å²) >= 11 is 0. The van der Waals surface area contributed by atoms with Crippen molar-refractivity contribution in [2.24, 2.45) is 0 Å². The van der Waals surface area contributed by atoms with E-state index in [0.717, 1.165) is 0 Å². The number of aliphatic hydroxyl groups is 3. The van der Waals surface area contributed by atoms with Crippen molar-refractivity contribution >= 4 is 5.97 Å². The molecule has 0 aliphatic carbocycles. The van der Waals surface area contributed by atoms with Gasteiger partial charge in [0.15, 0.2) is 0 Å². The molecule has 0 saturated heterocycles. The largest absolute Gasteiger partial charge is 0.461 e. The molecule has 1 aromatic heterocycles. The average Bonchev–Trinajstić information content (AvgIpc) is 2.38. The van der Waals surface area contributed by atoms with Crippen LogP contribution in [0, 0.1) is 0 Å². The summed E-state index contributed by atoms with van der Waals surface area (Å²) in [5.74, 6) is -0.580. The molecule has 0 fully saturated rings. The first kappa shape index (κ1) is 14.6. The lowest BCUT2D eigenvalue weighted by Gasteiger charge is -2.16. The van der Waals surface area contributed by atoms with Crippen molar-refractivity contribution in [1.29, 1.82) is 0 Å². The SMILES string of the molecule is CCOC(=O)c1cccc(C(O)C(O)CCO)n1. The van der Waals surface area contributed by atoms with Crippen LogP contribution in [0.25, 0.3) is 0 Å². The van der Waals surface area contributed by atoms with Crippen molar-refractivity contribution in [3.8, 4) is 0 Å². The Hall–Kier alpha value is -1.50. The van der Waals surface area contributed by atoms with Crippen LogP contribution < -0.4 is 0 Å². The zero-order valence-corrected chi connectivity index (χ0v) is 10.1. The highest BCUT2D eigenvalue weighted by Crippen LogP contribution is 2.17. The number of ether oxygens (including phenoxy) is 1. The van der Waals surface area contributed by atoms with Gasteiger partial charge in [-0.1, -0.05) is 6.07 Å². The number of esters is 1. The summed E-state index contributed by atoms with van der Waals surface area (Å²) in [5.41, 5.74) is 0.242. The molecule has 1 heterocycles. The predicted molar refractivity (Wildman–Crippen MR) is 62.9 cm³/mol. The quantitative estimate of drug-likeness (QED) is 0.620. The van der Waals surface area contributed by atoms with Gasteiger partial charge in [-0.3, -0.25) is 0 Å². The van der Waals surface area contributed by atoms with Gasteiger partial charge < -0.3 is 20.1 Å². The Morgan fingerprint density at radius 1 is 1.44 bits per heavy atom. The average molecular weight is 255 g/mol. The third-order valence-electron chi connectivity index (χ3n) is 2.35. The van der Waals surface area contributed by atoms with E-state index in [2.05, 4.69) is 4.98 Å². The van der Waals surface area contributed by atoms with Crippen LogP contribution in [0.4, 0.5) is 0 Å². The van der Waals surface area contributed by atoms with Gasteiger partial charge >= 0.3 is 5.97 Å². The Kier molecular flexibility index (Phi) is 5.70. The van der Waals surface area contributed by atoms with Gasteiger partial charge in [0.1, 0.15) is 11.8 Å². The minimum absolute atomic E-state index is 0.0342. The molecular weight excluding hydrogens is 238 g/mol. The number of nitrogens with zero attached hydrogens (tertiary/aromatic N) is 1. The van der Waals surface area contributed by atoms with Crippen LogP contribution >= 0.6 is 0 Å². The van der Waals surface area contributed by atoms with E-state index in [1.807, 2.05) is 0 Å². The lowest BCUT2D eigenvalue weighted by atomic mass is 10.1. The third-order valence-corrected chi connectivity index (χ3v) is 2.35. The minimum Gasteiger partial charge on any atom is -0.461 e. The number of hydrogen-bond donors (Lipinski definition) is 3. The van der Waals surface area contributed by atoms with E-state index >= 15 is 0 Å². The molecule has 3 N–H and O–H groups in total. The van der Waals surface area contributed by atoms with E-state index in [0.29, 0.717) is 0 Å². The van der Waals surface area contributed by atoms with Crippen LogP contribution in [0.5, 0.6) is 0 Å². The fraction of sp³-hybridized carbons (Fsp3) is 0.500. The Bertz CT molecular complexity index is 396. The zero-order valence-electron chi connectivity index (χ0n) is 10.1. The summed E-state index contributed by atoms with van der Waals surface area (Å²) in [4.78, 5) is 15.4. The highest BCUT2D eigenvalue weighted by molar-refractivity contribution is 5.87.